The smallest absolute Gasteiger partial charge is 0.251 e. The van der Waals surface area contributed by atoms with Gasteiger partial charge < -0.3 is 5.32 Å². The van der Waals surface area contributed by atoms with Crippen LogP contribution in [-0.2, 0) is 16.6 Å². The highest BCUT2D eigenvalue weighted by atomic mass is 32.2. The van der Waals surface area contributed by atoms with E-state index in [2.05, 4.69) is 5.32 Å². The summed E-state index contributed by atoms with van der Waals surface area (Å²) in [6.45, 7) is 0.150. The lowest BCUT2D eigenvalue weighted by molar-refractivity contribution is 0.0950. The van der Waals surface area contributed by atoms with E-state index in [9.17, 15) is 13.2 Å². The molecule has 0 aliphatic rings. The molecule has 5 nitrogen and oxygen atoms in total. The van der Waals surface area contributed by atoms with Crippen LogP contribution in [0.1, 0.15) is 15.9 Å². The van der Waals surface area contributed by atoms with Crippen LogP contribution >= 0.6 is 0 Å². The highest BCUT2D eigenvalue weighted by Gasteiger charge is 2.20. The van der Waals surface area contributed by atoms with Gasteiger partial charge >= 0.3 is 0 Å². The Hall–Kier alpha value is -2.18. The molecule has 0 atom stereocenters. The Bertz CT molecular complexity index is 756. The molecule has 22 heavy (non-hydrogen) atoms. The monoisotopic (exact) mass is 318 g/mol. The lowest BCUT2D eigenvalue weighted by Gasteiger charge is -2.15. The Morgan fingerprint density at radius 1 is 1.00 bits per heavy atom. The van der Waals surface area contributed by atoms with Crippen LogP contribution in [0.5, 0.6) is 0 Å². The molecule has 2 aromatic rings. The number of sulfonamides is 1. The average Bonchev–Trinajstić information content (AvgIpc) is 2.53. The lowest BCUT2D eigenvalue weighted by Crippen LogP contribution is -2.27. The predicted octanol–water partition coefficient (Wildman–Crippen LogP) is 1.87. The lowest BCUT2D eigenvalue weighted by atomic mass is 10.2. The van der Waals surface area contributed by atoms with Crippen LogP contribution < -0.4 is 5.32 Å². The van der Waals surface area contributed by atoms with Crippen LogP contribution in [0.3, 0.4) is 0 Å². The number of nitrogens with zero attached hydrogens (tertiary/aromatic N) is 1. The van der Waals surface area contributed by atoms with E-state index in [0.29, 0.717) is 11.1 Å². The first kappa shape index (κ1) is 16.2. The van der Waals surface area contributed by atoms with Gasteiger partial charge in [0.25, 0.3) is 5.91 Å². The molecule has 0 aromatic heterocycles. The normalized spacial score (nSPS) is 11.4. The van der Waals surface area contributed by atoms with E-state index in [1.807, 2.05) is 6.07 Å². The van der Waals surface area contributed by atoms with Gasteiger partial charge in [-0.05, 0) is 23.8 Å². The molecule has 0 aliphatic heterocycles. The summed E-state index contributed by atoms with van der Waals surface area (Å²) in [5.41, 5.74) is 1.09. The number of amides is 1. The molecular weight excluding hydrogens is 300 g/mol. The summed E-state index contributed by atoms with van der Waals surface area (Å²) in [7, 11) is -0.576. The fraction of sp³-hybridized carbons (Fsp3) is 0.188. The van der Waals surface area contributed by atoms with Crippen LogP contribution in [0.25, 0.3) is 0 Å². The molecule has 1 N–H and O–H groups in total. The van der Waals surface area contributed by atoms with E-state index in [-0.39, 0.29) is 17.3 Å². The van der Waals surface area contributed by atoms with Crippen LogP contribution in [0.4, 0.5) is 0 Å². The van der Waals surface area contributed by atoms with Gasteiger partial charge in [0.1, 0.15) is 0 Å². The number of rotatable bonds is 5. The largest absolute Gasteiger partial charge is 0.348 e. The van der Waals surface area contributed by atoms with E-state index in [0.717, 1.165) is 4.31 Å². The highest BCUT2D eigenvalue weighted by molar-refractivity contribution is 7.89. The third-order valence-corrected chi connectivity index (χ3v) is 5.12. The van der Waals surface area contributed by atoms with Crippen LogP contribution in [-0.4, -0.2) is 32.7 Å². The maximum absolute atomic E-state index is 12.3. The third kappa shape index (κ3) is 3.52. The number of hydrogen-bond donors (Lipinski definition) is 1. The van der Waals surface area contributed by atoms with Crippen LogP contribution in [0.2, 0.25) is 0 Å². The van der Waals surface area contributed by atoms with Crippen molar-refractivity contribution in [3.63, 3.8) is 0 Å². The minimum atomic E-state index is -3.54. The van der Waals surface area contributed by atoms with Gasteiger partial charge in [-0.25, -0.2) is 12.7 Å². The van der Waals surface area contributed by atoms with E-state index >= 15 is 0 Å². The first-order valence-electron chi connectivity index (χ1n) is 6.76. The molecule has 0 aliphatic carbocycles. The second-order valence-corrected chi connectivity index (χ2v) is 7.06. The van der Waals surface area contributed by atoms with Crippen molar-refractivity contribution in [2.45, 2.75) is 11.4 Å². The van der Waals surface area contributed by atoms with Gasteiger partial charge in [0.2, 0.25) is 10.0 Å². The second kappa shape index (κ2) is 6.72. The van der Waals surface area contributed by atoms with Crippen molar-refractivity contribution >= 4 is 15.9 Å². The minimum Gasteiger partial charge on any atom is -0.348 e. The van der Waals surface area contributed by atoms with Gasteiger partial charge in [-0.2, -0.15) is 0 Å². The Morgan fingerprint density at radius 3 is 2.23 bits per heavy atom. The third-order valence-electron chi connectivity index (χ3n) is 3.21. The number of carbonyl (C=O) groups is 1. The summed E-state index contributed by atoms with van der Waals surface area (Å²) in [5.74, 6) is -0.238. The van der Waals surface area contributed by atoms with Gasteiger partial charge in [-0.3, -0.25) is 4.79 Å². The first-order valence-corrected chi connectivity index (χ1v) is 8.20. The Labute approximate surface area is 130 Å². The van der Waals surface area contributed by atoms with Crippen molar-refractivity contribution in [1.29, 1.82) is 0 Å². The first-order chi connectivity index (χ1) is 10.4. The molecule has 6 heteroatoms. The average molecular weight is 318 g/mol. The standard InChI is InChI=1S/C16H18N2O3S/c1-18(2)22(20,21)15-11-7-6-10-14(15)12-17-16(19)13-8-4-3-5-9-13/h3-11H,12H2,1-2H3,(H,17,19). The maximum Gasteiger partial charge on any atom is 0.251 e. The summed E-state index contributed by atoms with van der Waals surface area (Å²) < 4.78 is 25.7. The zero-order valence-electron chi connectivity index (χ0n) is 12.5. The zero-order valence-corrected chi connectivity index (χ0v) is 13.3. The summed E-state index contributed by atoms with van der Waals surface area (Å²) in [6.07, 6.45) is 0. The highest BCUT2D eigenvalue weighted by Crippen LogP contribution is 2.18. The minimum absolute atomic E-state index is 0.150. The van der Waals surface area contributed by atoms with Crippen molar-refractivity contribution in [1.82, 2.24) is 9.62 Å². The molecule has 116 valence electrons. The van der Waals surface area contributed by atoms with Gasteiger partial charge in [-0.15, -0.1) is 0 Å². The summed E-state index contributed by atoms with van der Waals surface area (Å²) in [6, 6.07) is 15.4. The zero-order chi connectivity index (χ0) is 16.2. The molecule has 0 saturated heterocycles. The molecule has 0 radical (unpaired) electrons. The Kier molecular flexibility index (Phi) is 4.95. The molecule has 2 rings (SSSR count). The number of hydrogen-bond acceptors (Lipinski definition) is 3. The molecule has 0 saturated carbocycles. The number of benzene rings is 2. The molecule has 0 heterocycles. The molecule has 1 amide bonds. The quantitative estimate of drug-likeness (QED) is 0.915. The van der Waals surface area contributed by atoms with Gasteiger partial charge in [0, 0.05) is 26.2 Å². The van der Waals surface area contributed by atoms with Crippen molar-refractivity contribution in [3.8, 4) is 0 Å². The summed E-state index contributed by atoms with van der Waals surface area (Å²) in [5, 5.41) is 2.74. The predicted molar refractivity (Wildman–Crippen MR) is 84.9 cm³/mol. The van der Waals surface area contributed by atoms with Crippen molar-refractivity contribution < 1.29 is 13.2 Å². The van der Waals surface area contributed by atoms with E-state index in [4.69, 9.17) is 0 Å². The molecular formula is C16H18N2O3S. The summed E-state index contributed by atoms with van der Waals surface area (Å²) in [4.78, 5) is 12.2. The Balaban J connectivity index is 2.20. The molecule has 0 bridgehead atoms. The van der Waals surface area contributed by atoms with Crippen LogP contribution in [0.15, 0.2) is 59.5 Å². The Morgan fingerprint density at radius 2 is 1.59 bits per heavy atom. The molecule has 2 aromatic carbocycles. The van der Waals surface area contributed by atoms with Crippen LogP contribution in [0, 0.1) is 0 Å². The van der Waals surface area contributed by atoms with Crippen molar-refractivity contribution in [2.24, 2.45) is 0 Å². The van der Waals surface area contributed by atoms with E-state index < -0.39 is 10.0 Å². The fourth-order valence-electron chi connectivity index (χ4n) is 1.97. The summed E-state index contributed by atoms with van der Waals surface area (Å²) >= 11 is 0. The number of nitrogens with one attached hydrogen (secondary N) is 1. The van der Waals surface area contributed by atoms with Gasteiger partial charge in [0.05, 0.1) is 4.90 Å². The molecule has 0 fully saturated rings. The fourth-order valence-corrected chi connectivity index (χ4v) is 3.08. The maximum atomic E-state index is 12.3. The SMILES string of the molecule is CN(C)S(=O)(=O)c1ccccc1CNC(=O)c1ccccc1. The van der Waals surface area contributed by atoms with Crippen molar-refractivity contribution in [3.05, 3.63) is 65.7 Å². The second-order valence-electron chi connectivity index (χ2n) is 4.94. The van der Waals surface area contributed by atoms with Crippen molar-refractivity contribution in [2.75, 3.05) is 14.1 Å². The topological polar surface area (TPSA) is 66.5 Å². The van der Waals surface area contributed by atoms with Gasteiger partial charge in [-0.1, -0.05) is 36.4 Å². The van der Waals surface area contributed by atoms with E-state index in [1.165, 1.54) is 14.1 Å². The molecule has 0 unspecified atom stereocenters. The number of carbonyl (C=O) groups excluding carboxylic acids is 1. The van der Waals surface area contributed by atoms with E-state index in [1.54, 1.807) is 48.5 Å². The molecule has 0 spiro atoms. The van der Waals surface area contributed by atoms with Gasteiger partial charge in [0.15, 0.2) is 0 Å².